The van der Waals surface area contributed by atoms with Gasteiger partial charge in [0.15, 0.2) is 0 Å². The summed E-state index contributed by atoms with van der Waals surface area (Å²) in [4.78, 5) is 13.5. The Balaban J connectivity index is 2.60. The number of carbonyl (C=O) groups excluding carboxylic acids is 1. The quantitative estimate of drug-likeness (QED) is 0.634. The van der Waals surface area contributed by atoms with Crippen molar-refractivity contribution in [3.05, 3.63) is 11.8 Å². The van der Waals surface area contributed by atoms with E-state index in [9.17, 15) is 4.79 Å². The molecule has 0 bridgehead atoms. The van der Waals surface area contributed by atoms with Crippen LogP contribution >= 0.6 is 0 Å². The Labute approximate surface area is 84.5 Å². The SMILES string of the molecule is CC(C)C(=O)N1CCN/C(=C\C=N)C1. The smallest absolute Gasteiger partial charge is 0.225 e. The molecule has 0 aromatic rings. The van der Waals surface area contributed by atoms with Crippen molar-refractivity contribution in [2.75, 3.05) is 19.6 Å². The van der Waals surface area contributed by atoms with E-state index >= 15 is 0 Å². The zero-order chi connectivity index (χ0) is 10.6. The van der Waals surface area contributed by atoms with Crippen molar-refractivity contribution in [3.63, 3.8) is 0 Å². The van der Waals surface area contributed by atoms with Gasteiger partial charge in [0.1, 0.15) is 0 Å². The van der Waals surface area contributed by atoms with Crippen molar-refractivity contribution >= 4 is 12.1 Å². The highest BCUT2D eigenvalue weighted by Crippen LogP contribution is 2.07. The zero-order valence-electron chi connectivity index (χ0n) is 8.71. The van der Waals surface area contributed by atoms with Gasteiger partial charge in [-0.3, -0.25) is 4.79 Å². The first-order chi connectivity index (χ1) is 6.65. The molecule has 0 unspecified atom stereocenters. The lowest BCUT2D eigenvalue weighted by Crippen LogP contribution is -2.46. The Morgan fingerprint density at radius 1 is 1.64 bits per heavy atom. The summed E-state index contributed by atoms with van der Waals surface area (Å²) < 4.78 is 0. The van der Waals surface area contributed by atoms with Crippen LogP contribution in [0.1, 0.15) is 13.8 Å². The Hall–Kier alpha value is -1.32. The molecule has 4 heteroatoms. The molecule has 1 rings (SSSR count). The van der Waals surface area contributed by atoms with Crippen molar-refractivity contribution in [1.29, 1.82) is 5.41 Å². The van der Waals surface area contributed by atoms with Crippen LogP contribution in [0.5, 0.6) is 0 Å². The maximum absolute atomic E-state index is 11.7. The predicted octanol–water partition coefficient (Wildman–Crippen LogP) is 0.608. The van der Waals surface area contributed by atoms with E-state index in [0.29, 0.717) is 6.54 Å². The van der Waals surface area contributed by atoms with Crippen LogP contribution in [0, 0.1) is 11.3 Å². The van der Waals surface area contributed by atoms with Gasteiger partial charge in [-0.2, -0.15) is 0 Å². The number of allylic oxidation sites excluding steroid dienone is 1. The molecule has 1 aliphatic rings. The fourth-order valence-corrected chi connectivity index (χ4v) is 1.46. The second-order valence-electron chi connectivity index (χ2n) is 3.70. The van der Waals surface area contributed by atoms with Crippen molar-refractivity contribution in [2.24, 2.45) is 5.92 Å². The molecule has 2 N–H and O–H groups in total. The minimum atomic E-state index is 0.0503. The largest absolute Gasteiger partial charge is 0.385 e. The first kappa shape index (κ1) is 10.8. The van der Waals surface area contributed by atoms with Crippen molar-refractivity contribution < 1.29 is 4.79 Å². The van der Waals surface area contributed by atoms with Crippen LogP contribution < -0.4 is 5.32 Å². The van der Waals surface area contributed by atoms with E-state index in [-0.39, 0.29) is 11.8 Å². The third-order valence-electron chi connectivity index (χ3n) is 2.19. The topological polar surface area (TPSA) is 56.2 Å². The van der Waals surface area contributed by atoms with E-state index < -0.39 is 0 Å². The Morgan fingerprint density at radius 2 is 2.36 bits per heavy atom. The lowest BCUT2D eigenvalue weighted by molar-refractivity contribution is -0.134. The molecule has 1 heterocycles. The van der Waals surface area contributed by atoms with Crippen LogP contribution in [-0.2, 0) is 4.79 Å². The van der Waals surface area contributed by atoms with Gasteiger partial charge in [-0.25, -0.2) is 0 Å². The van der Waals surface area contributed by atoms with Gasteiger partial charge in [0, 0.05) is 30.9 Å². The maximum atomic E-state index is 11.7. The first-order valence-electron chi connectivity index (χ1n) is 4.87. The molecule has 0 aromatic heterocycles. The third kappa shape index (κ3) is 2.58. The molecular formula is C10H17N3O. The lowest BCUT2D eigenvalue weighted by atomic mass is 10.1. The summed E-state index contributed by atoms with van der Waals surface area (Å²) in [6, 6.07) is 0. The Kier molecular flexibility index (Phi) is 3.68. The minimum Gasteiger partial charge on any atom is -0.385 e. The first-order valence-corrected chi connectivity index (χ1v) is 4.87. The fraction of sp³-hybridized carbons (Fsp3) is 0.600. The Morgan fingerprint density at radius 3 is 2.93 bits per heavy atom. The molecule has 78 valence electrons. The second-order valence-corrected chi connectivity index (χ2v) is 3.70. The number of rotatable bonds is 2. The number of nitrogens with one attached hydrogen (secondary N) is 2. The van der Waals surface area contributed by atoms with Crippen LogP contribution in [-0.4, -0.2) is 36.7 Å². The molecule has 0 aliphatic carbocycles. The predicted molar refractivity (Wildman–Crippen MR) is 56.3 cm³/mol. The van der Waals surface area contributed by atoms with Gasteiger partial charge in [0.25, 0.3) is 0 Å². The van der Waals surface area contributed by atoms with Crippen molar-refractivity contribution in [1.82, 2.24) is 10.2 Å². The number of amides is 1. The van der Waals surface area contributed by atoms with Gasteiger partial charge in [-0.05, 0) is 6.08 Å². The number of nitrogens with zero attached hydrogens (tertiary/aromatic N) is 1. The standard InChI is InChI=1S/C10H17N3O/c1-8(2)10(14)13-6-5-12-9(7-13)3-4-11/h3-4,8,11-12H,5-7H2,1-2H3/b9-3-,11-4?. The zero-order valence-corrected chi connectivity index (χ0v) is 8.71. The molecule has 1 fully saturated rings. The summed E-state index contributed by atoms with van der Waals surface area (Å²) >= 11 is 0. The van der Waals surface area contributed by atoms with Crippen molar-refractivity contribution in [2.45, 2.75) is 13.8 Å². The van der Waals surface area contributed by atoms with Gasteiger partial charge in [0.2, 0.25) is 5.91 Å². The van der Waals surface area contributed by atoms with Crippen LogP contribution in [0.2, 0.25) is 0 Å². The highest BCUT2D eigenvalue weighted by atomic mass is 16.2. The minimum absolute atomic E-state index is 0.0503. The van der Waals surface area contributed by atoms with Crippen LogP contribution in [0.15, 0.2) is 11.8 Å². The molecule has 0 radical (unpaired) electrons. The number of hydrogen-bond donors (Lipinski definition) is 2. The number of piperazine rings is 1. The van der Waals surface area contributed by atoms with Gasteiger partial charge >= 0.3 is 0 Å². The summed E-state index contributed by atoms with van der Waals surface area (Å²) in [5.74, 6) is 0.233. The molecule has 0 atom stereocenters. The van der Waals surface area contributed by atoms with Gasteiger partial charge in [-0.1, -0.05) is 13.8 Å². The summed E-state index contributed by atoms with van der Waals surface area (Å²) in [5.41, 5.74) is 0.945. The van der Waals surface area contributed by atoms with E-state index in [4.69, 9.17) is 5.41 Å². The van der Waals surface area contributed by atoms with Crippen LogP contribution in [0.4, 0.5) is 0 Å². The van der Waals surface area contributed by atoms with E-state index in [1.807, 2.05) is 18.7 Å². The second kappa shape index (κ2) is 4.79. The van der Waals surface area contributed by atoms with Gasteiger partial charge < -0.3 is 15.6 Å². The van der Waals surface area contributed by atoms with Crippen LogP contribution in [0.3, 0.4) is 0 Å². The normalized spacial score (nSPS) is 19.6. The lowest BCUT2D eigenvalue weighted by Gasteiger charge is -2.31. The summed E-state index contributed by atoms with van der Waals surface area (Å²) in [6.07, 6.45) is 2.94. The summed E-state index contributed by atoms with van der Waals surface area (Å²) in [7, 11) is 0. The van der Waals surface area contributed by atoms with E-state index in [1.54, 1.807) is 6.08 Å². The van der Waals surface area contributed by atoms with E-state index in [1.165, 1.54) is 6.21 Å². The average Bonchev–Trinajstić information content (AvgIpc) is 2.17. The highest BCUT2D eigenvalue weighted by Gasteiger charge is 2.20. The van der Waals surface area contributed by atoms with E-state index in [2.05, 4.69) is 5.32 Å². The number of hydrogen-bond acceptors (Lipinski definition) is 3. The molecule has 1 amide bonds. The average molecular weight is 195 g/mol. The van der Waals surface area contributed by atoms with Gasteiger partial charge in [-0.15, -0.1) is 0 Å². The summed E-state index contributed by atoms with van der Waals surface area (Å²) in [5, 5.41) is 10.1. The molecule has 1 aliphatic heterocycles. The Bertz CT molecular complexity index is 258. The maximum Gasteiger partial charge on any atom is 0.225 e. The van der Waals surface area contributed by atoms with E-state index in [0.717, 1.165) is 18.8 Å². The molecule has 4 nitrogen and oxygen atoms in total. The molecule has 0 aromatic carbocycles. The molecular weight excluding hydrogens is 178 g/mol. The van der Waals surface area contributed by atoms with Crippen molar-refractivity contribution in [3.8, 4) is 0 Å². The third-order valence-corrected chi connectivity index (χ3v) is 2.19. The van der Waals surface area contributed by atoms with Gasteiger partial charge in [0.05, 0.1) is 6.54 Å². The summed E-state index contributed by atoms with van der Waals surface area (Å²) in [6.45, 7) is 5.95. The molecule has 0 saturated carbocycles. The number of carbonyl (C=O) groups is 1. The fourth-order valence-electron chi connectivity index (χ4n) is 1.46. The molecule has 14 heavy (non-hydrogen) atoms. The monoisotopic (exact) mass is 195 g/mol. The highest BCUT2D eigenvalue weighted by molar-refractivity contribution is 5.79. The molecule has 0 spiro atoms. The van der Waals surface area contributed by atoms with Crippen LogP contribution in [0.25, 0.3) is 0 Å². The molecule has 1 saturated heterocycles.